The largest absolute Gasteiger partial charge is 0.494 e. The number of carbonyl (C=O) groups excluding carboxylic acids is 2. The van der Waals surface area contributed by atoms with E-state index >= 15 is 0 Å². The van der Waals surface area contributed by atoms with Crippen molar-refractivity contribution < 1.29 is 14.3 Å². The van der Waals surface area contributed by atoms with Gasteiger partial charge < -0.3 is 15.0 Å². The molecule has 5 nitrogen and oxygen atoms in total. The van der Waals surface area contributed by atoms with Crippen molar-refractivity contribution in [2.45, 2.75) is 19.8 Å². The molecular formula is C20H22N2O3. The quantitative estimate of drug-likeness (QED) is 0.906. The van der Waals surface area contributed by atoms with Crippen molar-refractivity contribution in [1.82, 2.24) is 4.90 Å². The molecule has 0 aliphatic carbocycles. The Morgan fingerprint density at radius 3 is 2.60 bits per heavy atom. The topological polar surface area (TPSA) is 58.6 Å². The van der Waals surface area contributed by atoms with E-state index < -0.39 is 0 Å². The van der Waals surface area contributed by atoms with Crippen LogP contribution >= 0.6 is 0 Å². The molecule has 0 bridgehead atoms. The average molecular weight is 338 g/mol. The zero-order chi connectivity index (χ0) is 17.6. The summed E-state index contributed by atoms with van der Waals surface area (Å²) in [6.07, 6.45) is 2.06. The smallest absolute Gasteiger partial charge is 0.255 e. The van der Waals surface area contributed by atoms with E-state index in [9.17, 15) is 9.59 Å². The maximum Gasteiger partial charge on any atom is 0.255 e. The lowest BCUT2D eigenvalue weighted by Gasteiger charge is -2.18. The molecule has 0 radical (unpaired) electrons. The second-order valence-electron chi connectivity index (χ2n) is 5.96. The van der Waals surface area contributed by atoms with Crippen LogP contribution in [0.2, 0.25) is 0 Å². The monoisotopic (exact) mass is 338 g/mol. The van der Waals surface area contributed by atoms with E-state index in [4.69, 9.17) is 4.74 Å². The van der Waals surface area contributed by atoms with E-state index in [1.807, 2.05) is 30.0 Å². The third-order valence-electron chi connectivity index (χ3n) is 4.21. The van der Waals surface area contributed by atoms with E-state index in [1.54, 1.807) is 30.3 Å². The molecule has 130 valence electrons. The van der Waals surface area contributed by atoms with Crippen LogP contribution in [0.15, 0.2) is 48.5 Å². The molecule has 0 spiro atoms. The van der Waals surface area contributed by atoms with Crippen LogP contribution in [-0.4, -0.2) is 36.4 Å². The molecular weight excluding hydrogens is 316 g/mol. The maximum absolute atomic E-state index is 12.7. The first-order valence-corrected chi connectivity index (χ1v) is 8.61. The lowest BCUT2D eigenvalue weighted by molar-refractivity contribution is 0.0794. The van der Waals surface area contributed by atoms with Gasteiger partial charge in [0.2, 0.25) is 0 Å². The highest BCUT2D eigenvalue weighted by Gasteiger charge is 2.22. The zero-order valence-electron chi connectivity index (χ0n) is 14.3. The number of nitrogens with one attached hydrogen (secondary N) is 1. The number of benzene rings is 2. The number of hydrogen-bond acceptors (Lipinski definition) is 3. The van der Waals surface area contributed by atoms with Gasteiger partial charge in [-0.2, -0.15) is 0 Å². The van der Waals surface area contributed by atoms with Crippen LogP contribution < -0.4 is 10.1 Å². The van der Waals surface area contributed by atoms with Crippen molar-refractivity contribution in [3.8, 4) is 5.75 Å². The van der Waals surface area contributed by atoms with Gasteiger partial charge in [0.15, 0.2) is 0 Å². The van der Waals surface area contributed by atoms with Crippen LogP contribution in [0.4, 0.5) is 5.69 Å². The highest BCUT2D eigenvalue weighted by atomic mass is 16.5. The summed E-state index contributed by atoms with van der Waals surface area (Å²) in [7, 11) is 0. The standard InChI is InChI=1S/C20H22N2O3/c1-2-25-16-9-7-8-15(14-16)19(23)21-18-11-4-3-10-17(18)20(24)22-12-5-6-13-22/h3-4,7-11,14H,2,5-6,12-13H2,1H3,(H,21,23). The second-order valence-corrected chi connectivity index (χ2v) is 5.96. The second kappa shape index (κ2) is 7.83. The van der Waals surface area contributed by atoms with Gasteiger partial charge in [0, 0.05) is 18.7 Å². The van der Waals surface area contributed by atoms with Gasteiger partial charge in [-0.1, -0.05) is 18.2 Å². The van der Waals surface area contributed by atoms with Crippen molar-refractivity contribution in [3.05, 3.63) is 59.7 Å². The Kier molecular flexibility index (Phi) is 5.33. The van der Waals surface area contributed by atoms with Crippen LogP contribution in [0, 0.1) is 0 Å². The molecule has 0 saturated carbocycles. The minimum Gasteiger partial charge on any atom is -0.494 e. The summed E-state index contributed by atoms with van der Waals surface area (Å²) in [4.78, 5) is 27.1. The number of anilines is 1. The Balaban J connectivity index is 1.79. The van der Waals surface area contributed by atoms with E-state index in [-0.39, 0.29) is 11.8 Å². The predicted octanol–water partition coefficient (Wildman–Crippen LogP) is 3.57. The number of ether oxygens (including phenoxy) is 1. The summed E-state index contributed by atoms with van der Waals surface area (Å²) in [5, 5.41) is 2.86. The number of rotatable bonds is 5. The predicted molar refractivity (Wildman–Crippen MR) is 97.1 cm³/mol. The molecule has 2 aromatic rings. The third kappa shape index (κ3) is 3.99. The van der Waals surface area contributed by atoms with Gasteiger partial charge in [-0.15, -0.1) is 0 Å². The van der Waals surface area contributed by atoms with Crippen LogP contribution in [0.5, 0.6) is 5.75 Å². The van der Waals surface area contributed by atoms with Gasteiger partial charge in [0.25, 0.3) is 11.8 Å². The minimum absolute atomic E-state index is 0.0310. The van der Waals surface area contributed by atoms with E-state index in [2.05, 4.69) is 5.32 Å². The van der Waals surface area contributed by atoms with Crippen molar-refractivity contribution in [1.29, 1.82) is 0 Å². The molecule has 1 aliphatic heterocycles. The van der Waals surface area contributed by atoms with Crippen molar-refractivity contribution in [3.63, 3.8) is 0 Å². The van der Waals surface area contributed by atoms with Crippen LogP contribution in [-0.2, 0) is 0 Å². The minimum atomic E-state index is -0.261. The highest BCUT2D eigenvalue weighted by Crippen LogP contribution is 2.21. The fourth-order valence-electron chi connectivity index (χ4n) is 2.96. The number of hydrogen-bond donors (Lipinski definition) is 1. The van der Waals surface area contributed by atoms with E-state index in [0.717, 1.165) is 25.9 Å². The van der Waals surface area contributed by atoms with Crippen molar-refractivity contribution in [2.24, 2.45) is 0 Å². The number of amides is 2. The Labute approximate surface area is 147 Å². The van der Waals surface area contributed by atoms with Crippen molar-refractivity contribution in [2.75, 3.05) is 25.0 Å². The molecule has 1 heterocycles. The molecule has 0 aromatic heterocycles. The van der Waals surface area contributed by atoms with Gasteiger partial charge in [-0.25, -0.2) is 0 Å². The summed E-state index contributed by atoms with van der Waals surface area (Å²) in [6.45, 7) is 3.99. The molecule has 0 atom stereocenters. The summed E-state index contributed by atoms with van der Waals surface area (Å²) < 4.78 is 5.44. The van der Waals surface area contributed by atoms with Crippen LogP contribution in [0.25, 0.3) is 0 Å². The zero-order valence-corrected chi connectivity index (χ0v) is 14.3. The number of para-hydroxylation sites is 1. The summed E-state index contributed by atoms with van der Waals surface area (Å²) in [6, 6.07) is 14.2. The highest BCUT2D eigenvalue weighted by molar-refractivity contribution is 6.09. The first kappa shape index (κ1) is 17.0. The number of nitrogens with zero attached hydrogens (tertiary/aromatic N) is 1. The molecule has 0 unspecified atom stereocenters. The maximum atomic E-state index is 12.7. The summed E-state index contributed by atoms with van der Waals surface area (Å²) in [5.41, 5.74) is 1.55. The summed E-state index contributed by atoms with van der Waals surface area (Å²) in [5.74, 6) is 0.358. The van der Waals surface area contributed by atoms with Gasteiger partial charge in [-0.3, -0.25) is 9.59 Å². The van der Waals surface area contributed by atoms with E-state index in [0.29, 0.717) is 29.2 Å². The Bertz CT molecular complexity index is 767. The Hall–Kier alpha value is -2.82. The van der Waals surface area contributed by atoms with Crippen LogP contribution in [0.3, 0.4) is 0 Å². The van der Waals surface area contributed by atoms with Gasteiger partial charge in [0.05, 0.1) is 17.9 Å². The molecule has 1 aliphatic rings. The molecule has 1 fully saturated rings. The summed E-state index contributed by atoms with van der Waals surface area (Å²) >= 11 is 0. The van der Waals surface area contributed by atoms with E-state index in [1.165, 1.54) is 0 Å². The molecule has 3 rings (SSSR count). The SMILES string of the molecule is CCOc1cccc(C(=O)Nc2ccccc2C(=O)N2CCCC2)c1. The van der Waals surface area contributed by atoms with Gasteiger partial charge >= 0.3 is 0 Å². The van der Waals surface area contributed by atoms with Gasteiger partial charge in [-0.05, 0) is 50.1 Å². The Morgan fingerprint density at radius 2 is 1.84 bits per heavy atom. The van der Waals surface area contributed by atoms with Crippen molar-refractivity contribution >= 4 is 17.5 Å². The average Bonchev–Trinajstić information content (AvgIpc) is 3.17. The van der Waals surface area contributed by atoms with Crippen LogP contribution in [0.1, 0.15) is 40.5 Å². The fourth-order valence-corrected chi connectivity index (χ4v) is 2.96. The Morgan fingerprint density at radius 1 is 1.08 bits per heavy atom. The third-order valence-corrected chi connectivity index (χ3v) is 4.21. The molecule has 2 amide bonds. The molecule has 1 saturated heterocycles. The number of likely N-dealkylation sites (tertiary alicyclic amines) is 1. The first-order valence-electron chi connectivity index (χ1n) is 8.61. The lowest BCUT2D eigenvalue weighted by atomic mass is 10.1. The molecule has 25 heavy (non-hydrogen) atoms. The fraction of sp³-hybridized carbons (Fsp3) is 0.300. The first-order chi connectivity index (χ1) is 12.2. The molecule has 2 aromatic carbocycles. The lowest BCUT2D eigenvalue weighted by Crippen LogP contribution is -2.28. The molecule has 1 N–H and O–H groups in total. The molecule has 5 heteroatoms. The normalized spacial score (nSPS) is 13.6. The number of carbonyl (C=O) groups is 2. The van der Waals surface area contributed by atoms with Gasteiger partial charge in [0.1, 0.15) is 5.75 Å².